The van der Waals surface area contributed by atoms with E-state index in [0.29, 0.717) is 36.0 Å². The Bertz CT molecular complexity index is 1430. The molecule has 9 N–H and O–H groups in total. The molecule has 0 saturated heterocycles. The van der Waals surface area contributed by atoms with Crippen LogP contribution in [-0.4, -0.2) is 38.1 Å². The molecule has 0 radical (unpaired) electrons. The number of nitrogen functional groups attached to an aromatic ring is 3. The van der Waals surface area contributed by atoms with Gasteiger partial charge in [0.15, 0.2) is 11.5 Å². The van der Waals surface area contributed by atoms with Gasteiger partial charge in [0.1, 0.15) is 24.7 Å². The quantitative estimate of drug-likeness (QED) is 0.267. The molecule has 12 nitrogen and oxygen atoms in total. The first-order valence-electron chi connectivity index (χ1n) is 8.89. The molecule has 0 unspecified atom stereocenters. The smallest absolute Gasteiger partial charge is 0.262 e. The topological polar surface area (TPSA) is 204 Å². The molecule has 0 atom stereocenters. The van der Waals surface area contributed by atoms with E-state index in [0.717, 1.165) is 0 Å². The predicted octanol–water partition coefficient (Wildman–Crippen LogP) is 0.186. The van der Waals surface area contributed by atoms with E-state index in [9.17, 15) is 9.59 Å². The number of nitrogens with zero attached hydrogens (tertiary/aromatic N) is 2. The van der Waals surface area contributed by atoms with Crippen molar-refractivity contribution in [2.24, 2.45) is 0 Å². The van der Waals surface area contributed by atoms with Crippen LogP contribution in [0.4, 0.5) is 17.7 Å². The molecule has 4 aromatic rings. The highest BCUT2D eigenvalue weighted by Gasteiger charge is 2.25. The number of nitrogens with two attached hydrogens (primary N) is 3. The molecule has 1 aliphatic heterocycles. The number of nitrogens with one attached hydrogen (secondary N) is 3. The van der Waals surface area contributed by atoms with Crippen molar-refractivity contribution in [2.45, 2.75) is 0 Å². The highest BCUT2D eigenvalue weighted by atomic mass is 16.6. The lowest BCUT2D eigenvalue weighted by Gasteiger charge is -2.19. The fourth-order valence-corrected chi connectivity index (χ4v) is 3.53. The number of ether oxygens (including phenoxy) is 2. The lowest BCUT2D eigenvalue weighted by molar-refractivity contribution is 0.171. The number of aromatic amines is 3. The Balaban J connectivity index is 1.88. The second-order valence-electron chi connectivity index (χ2n) is 6.62. The number of anilines is 3. The highest BCUT2D eigenvalue weighted by molar-refractivity contribution is 6.04. The SMILES string of the molecule is Nc1nc(N)c(-c2c(-c3ccc4c(c3)OCCO4)[nH]c3nc(N)[nH]c(=O)c23)c(=O)[nH]1. The van der Waals surface area contributed by atoms with Crippen molar-refractivity contribution in [1.82, 2.24) is 24.9 Å². The minimum absolute atomic E-state index is 0.0163. The summed E-state index contributed by atoms with van der Waals surface area (Å²) in [6.45, 7) is 0.855. The van der Waals surface area contributed by atoms with Crippen LogP contribution in [0.15, 0.2) is 27.8 Å². The summed E-state index contributed by atoms with van der Waals surface area (Å²) in [5.41, 5.74) is 17.6. The minimum atomic E-state index is -0.601. The van der Waals surface area contributed by atoms with Gasteiger partial charge in [-0.15, -0.1) is 0 Å². The predicted molar refractivity (Wildman–Crippen MR) is 110 cm³/mol. The number of H-pyrrole nitrogens is 3. The van der Waals surface area contributed by atoms with Crippen LogP contribution in [0.1, 0.15) is 0 Å². The molecule has 0 fully saturated rings. The van der Waals surface area contributed by atoms with Crippen LogP contribution in [0.5, 0.6) is 11.5 Å². The third-order valence-corrected chi connectivity index (χ3v) is 4.73. The van der Waals surface area contributed by atoms with Crippen LogP contribution in [0.25, 0.3) is 33.4 Å². The second kappa shape index (κ2) is 6.27. The first-order chi connectivity index (χ1) is 14.4. The molecule has 1 aromatic carbocycles. The minimum Gasteiger partial charge on any atom is -0.486 e. The maximum Gasteiger partial charge on any atom is 0.262 e. The maximum absolute atomic E-state index is 12.7. The van der Waals surface area contributed by atoms with E-state index in [1.165, 1.54) is 0 Å². The molecule has 1 aliphatic rings. The summed E-state index contributed by atoms with van der Waals surface area (Å²) in [5.74, 6) is 0.771. The van der Waals surface area contributed by atoms with Crippen molar-refractivity contribution in [1.29, 1.82) is 0 Å². The Morgan fingerprint density at radius 3 is 2.30 bits per heavy atom. The Morgan fingerprint density at radius 1 is 0.833 bits per heavy atom. The van der Waals surface area contributed by atoms with Gasteiger partial charge < -0.3 is 31.7 Å². The molecule has 5 rings (SSSR count). The maximum atomic E-state index is 12.7. The fourth-order valence-electron chi connectivity index (χ4n) is 3.53. The average Bonchev–Trinajstić information content (AvgIpc) is 3.06. The van der Waals surface area contributed by atoms with E-state index < -0.39 is 11.1 Å². The Hall–Kier alpha value is -4.48. The van der Waals surface area contributed by atoms with Crippen molar-refractivity contribution < 1.29 is 9.47 Å². The molecule has 0 saturated carbocycles. The molecule has 30 heavy (non-hydrogen) atoms. The van der Waals surface area contributed by atoms with Crippen LogP contribution in [0.3, 0.4) is 0 Å². The summed E-state index contributed by atoms with van der Waals surface area (Å²) >= 11 is 0. The fraction of sp³-hybridized carbons (Fsp3) is 0.111. The van der Waals surface area contributed by atoms with Crippen LogP contribution in [0, 0.1) is 0 Å². The van der Waals surface area contributed by atoms with Crippen molar-refractivity contribution in [3.05, 3.63) is 38.9 Å². The van der Waals surface area contributed by atoms with Gasteiger partial charge in [-0.2, -0.15) is 9.97 Å². The van der Waals surface area contributed by atoms with E-state index in [4.69, 9.17) is 26.7 Å². The zero-order valence-corrected chi connectivity index (χ0v) is 15.4. The van der Waals surface area contributed by atoms with Crippen LogP contribution >= 0.6 is 0 Å². The lowest BCUT2D eigenvalue weighted by Crippen LogP contribution is -2.18. The summed E-state index contributed by atoms with van der Waals surface area (Å²) in [6.07, 6.45) is 0. The lowest BCUT2D eigenvalue weighted by atomic mass is 10.00. The number of hydrogen-bond donors (Lipinski definition) is 6. The monoisotopic (exact) mass is 408 g/mol. The van der Waals surface area contributed by atoms with Crippen LogP contribution in [0.2, 0.25) is 0 Å². The Labute approximate surface area is 167 Å². The average molecular weight is 408 g/mol. The van der Waals surface area contributed by atoms with Crippen LogP contribution in [-0.2, 0) is 0 Å². The molecule has 0 spiro atoms. The Morgan fingerprint density at radius 2 is 1.53 bits per heavy atom. The third kappa shape index (κ3) is 2.62. The van der Waals surface area contributed by atoms with E-state index in [-0.39, 0.29) is 39.9 Å². The van der Waals surface area contributed by atoms with Crippen molar-refractivity contribution in [2.75, 3.05) is 30.4 Å². The summed E-state index contributed by atoms with van der Waals surface area (Å²) in [4.78, 5) is 41.4. The third-order valence-electron chi connectivity index (χ3n) is 4.73. The Kier molecular flexibility index (Phi) is 3.68. The van der Waals surface area contributed by atoms with Crippen molar-refractivity contribution in [3.8, 4) is 33.9 Å². The summed E-state index contributed by atoms with van der Waals surface area (Å²) in [7, 11) is 0. The van der Waals surface area contributed by atoms with E-state index in [1.807, 2.05) is 0 Å². The van der Waals surface area contributed by atoms with E-state index >= 15 is 0 Å². The van der Waals surface area contributed by atoms with Gasteiger partial charge in [0.2, 0.25) is 11.9 Å². The summed E-state index contributed by atoms with van der Waals surface area (Å²) in [6, 6.07) is 5.23. The molecule has 0 amide bonds. The highest BCUT2D eigenvalue weighted by Crippen LogP contribution is 2.40. The first kappa shape index (κ1) is 17.6. The molecule has 152 valence electrons. The molecule has 0 aliphatic carbocycles. The second-order valence-corrected chi connectivity index (χ2v) is 6.62. The van der Waals surface area contributed by atoms with E-state index in [1.54, 1.807) is 18.2 Å². The standard InChI is InChI=1S/C18H16N8O4/c19-13-10(15(27)25-17(20)23-13)9-11-14(24-18(21)26-16(11)28)22-12(9)6-1-2-7-8(5-6)30-4-3-29-7/h1-2,5H,3-4H2,(H5,19,20,23,25,27)(H4,21,22,24,26,28). The summed E-state index contributed by atoms with van der Waals surface area (Å²) in [5, 5.41) is 0.109. The number of aromatic nitrogens is 5. The van der Waals surface area contributed by atoms with E-state index in [2.05, 4.69) is 24.9 Å². The van der Waals surface area contributed by atoms with Gasteiger partial charge in [-0.1, -0.05) is 0 Å². The molecule has 3 aromatic heterocycles. The van der Waals surface area contributed by atoms with Crippen molar-refractivity contribution >= 4 is 28.7 Å². The molecular formula is C18H16N8O4. The van der Waals surface area contributed by atoms with Gasteiger partial charge in [0.05, 0.1) is 16.6 Å². The normalized spacial score (nSPS) is 12.9. The zero-order valence-electron chi connectivity index (χ0n) is 15.4. The molecule has 12 heteroatoms. The van der Waals surface area contributed by atoms with Gasteiger partial charge in [-0.3, -0.25) is 19.6 Å². The van der Waals surface area contributed by atoms with Gasteiger partial charge in [0.25, 0.3) is 11.1 Å². The molecule has 4 heterocycles. The molecular weight excluding hydrogens is 392 g/mol. The van der Waals surface area contributed by atoms with Crippen LogP contribution < -0.4 is 37.8 Å². The van der Waals surface area contributed by atoms with Gasteiger partial charge >= 0.3 is 0 Å². The molecule has 0 bridgehead atoms. The summed E-state index contributed by atoms with van der Waals surface area (Å²) < 4.78 is 11.2. The number of benzene rings is 1. The zero-order chi connectivity index (χ0) is 21.0. The van der Waals surface area contributed by atoms with Gasteiger partial charge in [0, 0.05) is 11.1 Å². The number of fused-ring (bicyclic) bond motifs is 2. The largest absolute Gasteiger partial charge is 0.486 e. The van der Waals surface area contributed by atoms with Gasteiger partial charge in [-0.25, -0.2) is 0 Å². The number of rotatable bonds is 2. The first-order valence-corrected chi connectivity index (χ1v) is 8.89. The van der Waals surface area contributed by atoms with Gasteiger partial charge in [-0.05, 0) is 18.2 Å². The number of hydrogen-bond acceptors (Lipinski definition) is 9. The van der Waals surface area contributed by atoms with Crippen molar-refractivity contribution in [3.63, 3.8) is 0 Å².